The maximum atomic E-state index is 13.2. The van der Waals surface area contributed by atoms with Crippen molar-refractivity contribution in [1.82, 2.24) is 14.7 Å². The molecule has 2 N–H and O–H groups in total. The van der Waals surface area contributed by atoms with Gasteiger partial charge in [-0.05, 0) is 69.4 Å². The first-order valence-corrected chi connectivity index (χ1v) is 15.7. The van der Waals surface area contributed by atoms with Crippen molar-refractivity contribution in [3.8, 4) is 11.3 Å². The van der Waals surface area contributed by atoms with Gasteiger partial charge in [-0.15, -0.1) is 11.3 Å². The van der Waals surface area contributed by atoms with Gasteiger partial charge in [0.25, 0.3) is 5.91 Å². The molecule has 0 aliphatic heterocycles. The highest BCUT2D eigenvalue weighted by Gasteiger charge is 2.27. The van der Waals surface area contributed by atoms with E-state index >= 15 is 0 Å². The number of carbonyl (C=O) groups is 2. The second-order valence-corrected chi connectivity index (χ2v) is 13.8. The number of hydrogen-bond donors (Lipinski definition) is 2. The molecule has 40 heavy (non-hydrogen) atoms. The third-order valence-electron chi connectivity index (χ3n) is 7.16. The number of amides is 2. The van der Waals surface area contributed by atoms with E-state index in [1.54, 1.807) is 20.0 Å². The van der Waals surface area contributed by atoms with Crippen molar-refractivity contribution in [2.45, 2.75) is 49.7 Å². The van der Waals surface area contributed by atoms with E-state index in [9.17, 15) is 18.0 Å². The van der Waals surface area contributed by atoms with Crippen LogP contribution in [0.4, 0.5) is 10.8 Å². The summed E-state index contributed by atoms with van der Waals surface area (Å²) >= 11 is 1.30. The molecule has 5 rings (SSSR count). The van der Waals surface area contributed by atoms with E-state index in [2.05, 4.69) is 15.6 Å². The number of sulfone groups is 1. The number of hydrogen-bond acceptors (Lipinski definition) is 7. The first-order chi connectivity index (χ1) is 19.0. The number of thiazole rings is 1. The van der Waals surface area contributed by atoms with Crippen LogP contribution in [0.15, 0.2) is 52.9 Å². The molecular formula is C29H37N5O4S2. The molecular weight excluding hydrogens is 546 g/mol. The molecule has 4 aromatic rings. The zero-order valence-electron chi connectivity index (χ0n) is 23.0. The van der Waals surface area contributed by atoms with Gasteiger partial charge in [-0.3, -0.25) is 9.59 Å². The number of nitrogens with zero attached hydrogens (tertiary/aromatic N) is 3. The van der Waals surface area contributed by atoms with Gasteiger partial charge in [-0.1, -0.05) is 12.1 Å². The Balaban J connectivity index is 0.00000242. The Morgan fingerprint density at radius 3 is 2.67 bits per heavy atom. The minimum atomic E-state index is -3.65. The number of anilines is 2. The highest BCUT2D eigenvalue weighted by Crippen LogP contribution is 2.31. The fourth-order valence-electron chi connectivity index (χ4n) is 4.89. The van der Waals surface area contributed by atoms with Crippen molar-refractivity contribution in [1.29, 1.82) is 0 Å². The summed E-state index contributed by atoms with van der Waals surface area (Å²) in [5, 5.41) is 7.03. The molecule has 11 heteroatoms. The van der Waals surface area contributed by atoms with Gasteiger partial charge in [0.2, 0.25) is 5.91 Å². The van der Waals surface area contributed by atoms with E-state index in [4.69, 9.17) is 0 Å². The van der Waals surface area contributed by atoms with Crippen molar-refractivity contribution < 1.29 is 20.9 Å². The van der Waals surface area contributed by atoms with Crippen molar-refractivity contribution in [2.24, 2.45) is 0 Å². The third kappa shape index (κ3) is 5.48. The quantitative estimate of drug-likeness (QED) is 0.300. The van der Waals surface area contributed by atoms with Gasteiger partial charge in [0, 0.05) is 45.5 Å². The Hall–Kier alpha value is -3.70. The molecule has 0 atom stereocenters. The fraction of sp³-hybridized carbons (Fsp3) is 0.345. The summed E-state index contributed by atoms with van der Waals surface area (Å²) in [6.07, 6.45) is 5.47. The SMILES string of the molecule is CC(C)S(=O)(=O)c1cc(C(=O)NCC(=O)Nc2nc(-c3cccc(N(C)C)c3)cs2)cn2c3c(cc12)CCCC3.[HH].[HH]. The van der Waals surface area contributed by atoms with Crippen LogP contribution < -0.4 is 15.5 Å². The van der Waals surface area contributed by atoms with Crippen molar-refractivity contribution in [3.63, 3.8) is 0 Å². The Morgan fingerprint density at radius 2 is 1.93 bits per heavy atom. The van der Waals surface area contributed by atoms with Gasteiger partial charge >= 0.3 is 0 Å². The molecule has 3 heterocycles. The smallest absolute Gasteiger partial charge is 0.253 e. The first-order valence-electron chi connectivity index (χ1n) is 13.3. The second-order valence-electron chi connectivity index (χ2n) is 10.5. The third-order valence-corrected chi connectivity index (χ3v) is 10.1. The molecule has 1 aromatic carbocycles. The van der Waals surface area contributed by atoms with E-state index in [-0.39, 0.29) is 19.9 Å². The minimum Gasteiger partial charge on any atom is -0.378 e. The standard InChI is InChI=1S/C29H33N5O4S2.2H2/c1-18(2)40(37,38)26-14-21(16-34-24-11-6-5-8-20(24)13-25(26)34)28(36)30-15-27(35)32-29-31-23(17-39-29)19-9-7-10-22(12-19)33(3)4;;/h7,9-10,12-14,16-18H,5-6,8,11,15H2,1-4H3,(H,30,36)(H,31,32,35);2*1H. The summed E-state index contributed by atoms with van der Waals surface area (Å²) in [6, 6.07) is 11.3. The van der Waals surface area contributed by atoms with Crippen LogP contribution in [0.2, 0.25) is 0 Å². The molecule has 0 unspecified atom stereocenters. The van der Waals surface area contributed by atoms with Crippen molar-refractivity contribution >= 4 is 49.3 Å². The van der Waals surface area contributed by atoms with Gasteiger partial charge in [-0.2, -0.15) is 0 Å². The summed E-state index contributed by atoms with van der Waals surface area (Å²) in [5.74, 6) is -0.943. The van der Waals surface area contributed by atoms with Gasteiger partial charge < -0.3 is 19.9 Å². The molecule has 1 aliphatic rings. The maximum Gasteiger partial charge on any atom is 0.253 e. The summed E-state index contributed by atoms with van der Waals surface area (Å²) in [6.45, 7) is 2.99. The second kappa shape index (κ2) is 11.1. The summed E-state index contributed by atoms with van der Waals surface area (Å²) in [4.78, 5) is 32.5. The lowest BCUT2D eigenvalue weighted by molar-refractivity contribution is -0.115. The molecule has 0 spiro atoms. The lowest BCUT2D eigenvalue weighted by atomic mass is 9.98. The highest BCUT2D eigenvalue weighted by atomic mass is 32.2. The average molecular weight is 584 g/mol. The average Bonchev–Trinajstić information content (AvgIpc) is 3.55. The van der Waals surface area contributed by atoms with Gasteiger partial charge in [0.15, 0.2) is 15.0 Å². The van der Waals surface area contributed by atoms with Crippen LogP contribution >= 0.6 is 11.3 Å². The number of benzene rings is 1. The van der Waals surface area contributed by atoms with Crippen molar-refractivity contribution in [3.05, 3.63) is 64.8 Å². The molecule has 0 fully saturated rings. The molecule has 0 bridgehead atoms. The Morgan fingerprint density at radius 1 is 1.15 bits per heavy atom. The van der Waals surface area contributed by atoms with E-state index in [0.29, 0.717) is 10.6 Å². The molecule has 2 amide bonds. The zero-order valence-corrected chi connectivity index (χ0v) is 24.7. The van der Waals surface area contributed by atoms with Gasteiger partial charge in [0.1, 0.15) is 0 Å². The Kier molecular flexibility index (Phi) is 7.70. The van der Waals surface area contributed by atoms with Crippen LogP contribution in [0.3, 0.4) is 0 Å². The molecule has 214 valence electrons. The van der Waals surface area contributed by atoms with E-state index in [1.807, 2.05) is 59.1 Å². The Labute approximate surface area is 241 Å². The number of fused-ring (bicyclic) bond motifs is 3. The fourth-order valence-corrected chi connectivity index (χ4v) is 6.88. The number of pyridine rings is 1. The predicted octanol–water partition coefficient (Wildman–Crippen LogP) is 5.05. The molecule has 0 saturated carbocycles. The summed E-state index contributed by atoms with van der Waals surface area (Å²) in [7, 11) is 0.285. The van der Waals surface area contributed by atoms with Crippen LogP contribution in [-0.4, -0.2) is 55.5 Å². The van der Waals surface area contributed by atoms with Crippen LogP contribution in [-0.2, 0) is 27.5 Å². The van der Waals surface area contributed by atoms with Crippen molar-refractivity contribution in [2.75, 3.05) is 30.9 Å². The molecule has 0 radical (unpaired) electrons. The maximum absolute atomic E-state index is 13.2. The van der Waals surface area contributed by atoms with Gasteiger partial charge in [0.05, 0.1) is 33.5 Å². The lowest BCUT2D eigenvalue weighted by Crippen LogP contribution is -2.33. The normalized spacial score (nSPS) is 13.3. The predicted molar refractivity (Wildman–Crippen MR) is 163 cm³/mol. The molecule has 1 aliphatic carbocycles. The van der Waals surface area contributed by atoms with Crippen LogP contribution in [0.1, 0.15) is 51.2 Å². The zero-order chi connectivity index (χ0) is 28.6. The number of rotatable bonds is 8. The number of carbonyl (C=O) groups excluding carboxylic acids is 2. The largest absolute Gasteiger partial charge is 0.378 e. The summed E-state index contributed by atoms with van der Waals surface area (Å²) in [5.41, 5.74) is 5.69. The molecule has 3 aromatic heterocycles. The number of aromatic nitrogens is 2. The van der Waals surface area contributed by atoms with Crippen LogP contribution in [0, 0.1) is 0 Å². The summed E-state index contributed by atoms with van der Waals surface area (Å²) < 4.78 is 28.3. The monoisotopic (exact) mass is 583 g/mol. The van der Waals surface area contributed by atoms with Gasteiger partial charge in [-0.25, -0.2) is 13.4 Å². The first kappa shape index (κ1) is 27.9. The molecule has 9 nitrogen and oxygen atoms in total. The highest BCUT2D eigenvalue weighted by molar-refractivity contribution is 7.92. The van der Waals surface area contributed by atoms with Crippen LogP contribution in [0.25, 0.3) is 16.8 Å². The molecule has 0 saturated heterocycles. The van der Waals surface area contributed by atoms with E-state index < -0.39 is 26.9 Å². The van der Waals surface area contributed by atoms with E-state index in [1.165, 1.54) is 17.4 Å². The Bertz CT molecular complexity index is 1710. The van der Waals surface area contributed by atoms with Crippen LogP contribution in [0.5, 0.6) is 0 Å². The topological polar surface area (TPSA) is 113 Å². The number of nitrogens with one attached hydrogen (secondary N) is 2. The van der Waals surface area contributed by atoms with E-state index in [0.717, 1.165) is 53.9 Å². The minimum absolute atomic E-state index is 0. The number of aryl methyl sites for hydroxylation is 2. The lowest BCUT2D eigenvalue weighted by Gasteiger charge is -2.15.